The Morgan fingerprint density at radius 2 is 1.84 bits per heavy atom. The van der Waals surface area contributed by atoms with Crippen LogP contribution in [0.5, 0.6) is 0 Å². The van der Waals surface area contributed by atoms with E-state index in [1.165, 1.54) is 15.8 Å². The first-order chi connectivity index (χ1) is 23.9. The Labute approximate surface area is 289 Å². The smallest absolute Gasteiger partial charge is 0.293 e. The van der Waals surface area contributed by atoms with Crippen LogP contribution < -0.4 is 11.1 Å². The van der Waals surface area contributed by atoms with Crippen LogP contribution >= 0.6 is 0 Å². The molecular weight excluding hydrogens is 644 g/mol. The molecule has 2 saturated heterocycles. The highest BCUT2D eigenvalue weighted by atomic mass is 16.5. The van der Waals surface area contributed by atoms with Crippen LogP contribution in [0.1, 0.15) is 93.9 Å². The van der Waals surface area contributed by atoms with Gasteiger partial charge in [0, 0.05) is 49.9 Å². The molecule has 1 saturated carbocycles. The summed E-state index contributed by atoms with van der Waals surface area (Å²) in [6.07, 6.45) is 6.66. The standard InChI is InChI=1S/C35H44N8O7/c1-34(2,49)28-19-37-41-43(28)23-18-27(32(47)40-35(29(44)30(36)45)12-14-50-15-13-35)42(20-23)33(48)26(16-21-8-4-3-5-9-21)39-31(46)25-17-22-10-6-7-11-24(22)38-25/h6-7,10-11,17,19,21,23,27,38,49H,3-5,8-9,12-16,18,20H2,1-2H3,(H2,36,45)(H,40,47)/t23-,27-/m0/s1. The number of nitrogens with two attached hydrogens (primary N) is 1. The second-order valence-electron chi connectivity index (χ2n) is 14.2. The van der Waals surface area contributed by atoms with E-state index in [2.05, 4.69) is 25.6 Å². The lowest BCUT2D eigenvalue weighted by atomic mass is 9.84. The van der Waals surface area contributed by atoms with E-state index >= 15 is 0 Å². The summed E-state index contributed by atoms with van der Waals surface area (Å²) < 4.78 is 6.92. The van der Waals surface area contributed by atoms with E-state index < -0.39 is 52.6 Å². The Kier molecular flexibility index (Phi) is 9.98. The molecule has 0 bridgehead atoms. The molecule has 3 fully saturated rings. The fraction of sp³-hybridized carbons (Fsp3) is 0.543. The molecule has 15 nitrogen and oxygen atoms in total. The van der Waals surface area contributed by atoms with Crippen LogP contribution in [0.2, 0.25) is 0 Å². The molecule has 6 rings (SSSR count). The molecule has 15 heteroatoms. The number of para-hydroxylation sites is 1. The number of H-pyrrole nitrogens is 1. The molecule has 3 aromatic rings. The number of aliphatic imine (C=N–C) groups is 1. The highest BCUT2D eigenvalue weighted by Crippen LogP contribution is 2.34. The van der Waals surface area contributed by atoms with Gasteiger partial charge >= 0.3 is 0 Å². The Morgan fingerprint density at radius 1 is 1.12 bits per heavy atom. The van der Waals surface area contributed by atoms with Crippen LogP contribution in [-0.4, -0.2) is 96.4 Å². The second kappa shape index (κ2) is 14.2. The summed E-state index contributed by atoms with van der Waals surface area (Å²) in [5.41, 5.74) is 3.89. The lowest BCUT2D eigenvalue weighted by Crippen LogP contribution is -2.63. The summed E-state index contributed by atoms with van der Waals surface area (Å²) in [5.74, 6) is -3.85. The van der Waals surface area contributed by atoms with Gasteiger partial charge in [-0.3, -0.25) is 24.0 Å². The summed E-state index contributed by atoms with van der Waals surface area (Å²) in [6, 6.07) is 7.37. The lowest BCUT2D eigenvalue weighted by Gasteiger charge is -2.37. The van der Waals surface area contributed by atoms with Gasteiger partial charge in [-0.2, -0.15) is 0 Å². The highest BCUT2D eigenvalue weighted by molar-refractivity contribution is 6.41. The van der Waals surface area contributed by atoms with Gasteiger partial charge in [-0.1, -0.05) is 55.5 Å². The minimum atomic E-state index is -1.59. The number of fused-ring (bicyclic) bond motifs is 1. The first kappa shape index (κ1) is 35.1. The van der Waals surface area contributed by atoms with Crippen LogP contribution in [0.25, 0.3) is 10.9 Å². The number of likely N-dealkylation sites (tertiary alicyclic amines) is 1. The first-order valence-electron chi connectivity index (χ1n) is 17.2. The maximum absolute atomic E-state index is 14.7. The first-order valence-corrected chi connectivity index (χ1v) is 17.2. The zero-order valence-electron chi connectivity index (χ0n) is 28.4. The van der Waals surface area contributed by atoms with Gasteiger partial charge in [-0.05, 0) is 38.3 Å². The van der Waals surface area contributed by atoms with Crippen molar-refractivity contribution < 1.29 is 33.8 Å². The Bertz CT molecular complexity index is 1780. The fourth-order valence-corrected chi connectivity index (χ4v) is 7.48. The third kappa shape index (κ3) is 7.24. The second-order valence-corrected chi connectivity index (χ2v) is 14.2. The van der Waals surface area contributed by atoms with Crippen LogP contribution in [0.4, 0.5) is 0 Å². The number of carbonyl (C=O) groups is 5. The van der Waals surface area contributed by atoms with Crippen molar-refractivity contribution >= 4 is 46.0 Å². The van der Waals surface area contributed by atoms with E-state index in [4.69, 9.17) is 10.5 Å². The molecule has 3 aliphatic rings. The average molecular weight is 689 g/mol. The monoisotopic (exact) mass is 688 g/mol. The van der Waals surface area contributed by atoms with Crippen molar-refractivity contribution in [2.24, 2.45) is 16.6 Å². The molecule has 4 amide bonds. The van der Waals surface area contributed by atoms with Crippen molar-refractivity contribution in [1.82, 2.24) is 30.2 Å². The van der Waals surface area contributed by atoms with E-state index in [-0.39, 0.29) is 62.8 Å². The summed E-state index contributed by atoms with van der Waals surface area (Å²) in [7, 11) is 0. The van der Waals surface area contributed by atoms with Crippen LogP contribution in [0, 0.1) is 5.92 Å². The number of benzene rings is 1. The number of aromatic amines is 1. The molecular formula is C35H44N8O7. The number of carbonyl (C=O) groups excluding carboxylic acids is 5. The fourth-order valence-electron chi connectivity index (χ4n) is 7.48. The maximum Gasteiger partial charge on any atom is 0.293 e. The molecule has 0 radical (unpaired) electrons. The van der Waals surface area contributed by atoms with Crippen molar-refractivity contribution in [3.63, 3.8) is 0 Å². The normalized spacial score (nSPS) is 21.7. The van der Waals surface area contributed by atoms with Crippen molar-refractivity contribution in [3.8, 4) is 0 Å². The van der Waals surface area contributed by atoms with Gasteiger partial charge in [-0.15, -0.1) is 5.10 Å². The van der Waals surface area contributed by atoms with Crippen LogP contribution in [0.3, 0.4) is 0 Å². The molecule has 2 aromatic heterocycles. The van der Waals surface area contributed by atoms with E-state index in [0.717, 1.165) is 43.0 Å². The van der Waals surface area contributed by atoms with Gasteiger partial charge in [0.15, 0.2) is 0 Å². The Morgan fingerprint density at radius 3 is 2.52 bits per heavy atom. The van der Waals surface area contributed by atoms with Gasteiger partial charge in [0.2, 0.25) is 11.7 Å². The molecule has 2 aliphatic heterocycles. The number of ether oxygens (including phenoxy) is 1. The summed E-state index contributed by atoms with van der Waals surface area (Å²) in [5, 5.41) is 22.6. The molecule has 2 atom stereocenters. The number of amides is 4. The number of aromatic nitrogens is 4. The van der Waals surface area contributed by atoms with Crippen molar-refractivity contribution in [1.29, 1.82) is 0 Å². The number of Topliss-reactive ketones (excluding diaryl/α,β-unsaturated/α-hetero) is 1. The largest absolute Gasteiger partial charge is 0.384 e. The molecule has 1 aromatic carbocycles. The zero-order valence-corrected chi connectivity index (χ0v) is 28.4. The van der Waals surface area contributed by atoms with Gasteiger partial charge in [-0.25, -0.2) is 9.67 Å². The Balaban J connectivity index is 1.37. The lowest BCUT2D eigenvalue weighted by molar-refractivity contribution is -0.146. The van der Waals surface area contributed by atoms with Crippen molar-refractivity contribution in [2.45, 2.75) is 94.9 Å². The molecule has 50 heavy (non-hydrogen) atoms. The number of aliphatic hydroxyl groups is 1. The van der Waals surface area contributed by atoms with Gasteiger partial charge < -0.3 is 30.8 Å². The third-order valence-electron chi connectivity index (χ3n) is 10.2. The molecule has 5 N–H and O–H groups in total. The predicted molar refractivity (Wildman–Crippen MR) is 181 cm³/mol. The van der Waals surface area contributed by atoms with E-state index in [0.29, 0.717) is 5.69 Å². The van der Waals surface area contributed by atoms with E-state index in [9.17, 15) is 29.1 Å². The molecule has 266 valence electrons. The number of nitrogens with zero attached hydrogens (tertiary/aromatic N) is 5. The number of ketones is 1. The van der Waals surface area contributed by atoms with Crippen LogP contribution in [-0.2, 0) is 29.5 Å². The quantitative estimate of drug-likeness (QED) is 0.181. The van der Waals surface area contributed by atoms with Gasteiger partial charge in [0.1, 0.15) is 28.6 Å². The zero-order chi connectivity index (χ0) is 35.6. The van der Waals surface area contributed by atoms with Gasteiger partial charge in [0.05, 0.1) is 17.9 Å². The Hall–Kier alpha value is -4.76. The topological polar surface area (TPSA) is 215 Å². The number of primary amides is 1. The number of hydrogen-bond donors (Lipinski definition) is 4. The van der Waals surface area contributed by atoms with E-state index in [1.807, 2.05) is 24.3 Å². The number of rotatable bonds is 10. The summed E-state index contributed by atoms with van der Waals surface area (Å²) in [6.45, 7) is 3.39. The number of hydrogen-bond acceptors (Lipinski definition) is 9. The molecule has 0 spiro atoms. The molecule has 4 heterocycles. The van der Waals surface area contributed by atoms with E-state index in [1.54, 1.807) is 19.9 Å². The van der Waals surface area contributed by atoms with Crippen LogP contribution in [0.15, 0.2) is 41.5 Å². The third-order valence-corrected chi connectivity index (χ3v) is 10.2. The molecule has 0 unspecified atom stereocenters. The number of nitrogens with one attached hydrogen (secondary N) is 2. The SMILES string of the molecule is CC(C)(O)c1cnnn1[C@H]1C[C@@H](C(=O)NC2(C(=O)C(N)=O)CCOCC2)N(C(=O)C(CC2CCCCC2)=NC(=O)c2cc3ccccc3[nH]2)C1. The predicted octanol–water partition coefficient (Wildman–Crippen LogP) is 2.10. The van der Waals surface area contributed by atoms with Crippen molar-refractivity contribution in [2.75, 3.05) is 19.8 Å². The maximum atomic E-state index is 14.7. The summed E-state index contributed by atoms with van der Waals surface area (Å²) in [4.78, 5) is 76.6. The minimum absolute atomic E-state index is 0.0203. The average Bonchev–Trinajstić information content (AvgIpc) is 3.86. The highest BCUT2D eigenvalue weighted by Gasteiger charge is 2.49. The molecule has 1 aliphatic carbocycles. The summed E-state index contributed by atoms with van der Waals surface area (Å²) >= 11 is 0. The van der Waals surface area contributed by atoms with Gasteiger partial charge in [0.25, 0.3) is 17.7 Å². The van der Waals surface area contributed by atoms with Crippen molar-refractivity contribution in [3.05, 3.63) is 47.9 Å². The minimum Gasteiger partial charge on any atom is -0.384 e.